The molecular weight excluding hydrogens is 275 g/mol. The predicted octanol–water partition coefficient (Wildman–Crippen LogP) is 4.11. The van der Waals surface area contributed by atoms with E-state index in [-0.39, 0.29) is 11.8 Å². The van der Waals surface area contributed by atoms with Gasteiger partial charge in [-0.1, -0.05) is 12.1 Å². The third kappa shape index (κ3) is 3.93. The van der Waals surface area contributed by atoms with Crippen molar-refractivity contribution in [2.24, 2.45) is 0 Å². The van der Waals surface area contributed by atoms with E-state index in [0.29, 0.717) is 18.8 Å². The Balaban J connectivity index is 2.02. The Labute approximate surface area is 121 Å². The Morgan fingerprint density at radius 1 is 1.35 bits per heavy atom. The quantitative estimate of drug-likeness (QED) is 0.826. The van der Waals surface area contributed by atoms with Crippen molar-refractivity contribution in [2.45, 2.75) is 6.54 Å². The molecule has 2 aromatic rings. The lowest BCUT2D eigenvalue weighted by atomic mass is 10.3. The van der Waals surface area contributed by atoms with Gasteiger partial charge in [0.05, 0.1) is 6.54 Å². The number of hydrogen-bond acceptors (Lipinski definition) is 2. The molecule has 0 saturated carbocycles. The fourth-order valence-electron chi connectivity index (χ4n) is 1.70. The molecule has 20 heavy (non-hydrogen) atoms. The molecule has 0 spiro atoms. The Bertz CT molecular complexity index is 566. The van der Waals surface area contributed by atoms with Crippen molar-refractivity contribution in [2.75, 3.05) is 11.9 Å². The number of hydrogen-bond donors (Lipinski definition) is 1. The van der Waals surface area contributed by atoms with Gasteiger partial charge in [0.15, 0.2) is 0 Å². The van der Waals surface area contributed by atoms with E-state index in [1.165, 1.54) is 24.3 Å². The summed E-state index contributed by atoms with van der Waals surface area (Å²) in [5.41, 5.74) is 0.566. The Morgan fingerprint density at radius 2 is 2.10 bits per heavy atom. The van der Waals surface area contributed by atoms with Crippen molar-refractivity contribution in [1.29, 1.82) is 0 Å². The van der Waals surface area contributed by atoms with Gasteiger partial charge < -0.3 is 10.2 Å². The maximum absolute atomic E-state index is 12.8. The molecule has 0 radical (unpaired) electrons. The van der Waals surface area contributed by atoms with E-state index in [1.807, 2.05) is 17.5 Å². The van der Waals surface area contributed by atoms with Crippen LogP contribution < -0.4 is 5.32 Å². The monoisotopic (exact) mass is 290 g/mol. The maximum atomic E-state index is 12.8. The molecule has 0 unspecified atom stereocenters. The molecule has 0 saturated heterocycles. The zero-order chi connectivity index (χ0) is 14.4. The highest BCUT2D eigenvalue weighted by atomic mass is 32.1. The van der Waals surface area contributed by atoms with Crippen molar-refractivity contribution in [3.63, 3.8) is 0 Å². The van der Waals surface area contributed by atoms with Crippen LogP contribution in [0, 0.1) is 5.82 Å². The summed E-state index contributed by atoms with van der Waals surface area (Å²) in [6.07, 6.45) is 1.68. The molecule has 3 nitrogen and oxygen atoms in total. The highest BCUT2D eigenvalue weighted by Gasteiger charge is 2.13. The first-order chi connectivity index (χ1) is 9.69. The average Bonchev–Trinajstić information content (AvgIpc) is 2.94. The topological polar surface area (TPSA) is 32.3 Å². The van der Waals surface area contributed by atoms with Crippen molar-refractivity contribution < 1.29 is 9.18 Å². The fraction of sp³-hybridized carbons (Fsp3) is 0.133. The van der Waals surface area contributed by atoms with E-state index in [0.717, 1.165) is 4.88 Å². The molecule has 0 atom stereocenters. The summed E-state index contributed by atoms with van der Waals surface area (Å²) in [5, 5.41) is 4.72. The molecule has 0 aliphatic carbocycles. The molecule has 0 aliphatic rings. The fourth-order valence-corrected chi connectivity index (χ4v) is 2.42. The van der Waals surface area contributed by atoms with Gasteiger partial charge in [0.2, 0.25) is 0 Å². The number of carbonyl (C=O) groups is 1. The first kappa shape index (κ1) is 14.3. The minimum atomic E-state index is -0.329. The van der Waals surface area contributed by atoms with Gasteiger partial charge in [-0.2, -0.15) is 0 Å². The normalized spacial score (nSPS) is 10.1. The molecule has 5 heteroatoms. The summed E-state index contributed by atoms with van der Waals surface area (Å²) in [6.45, 7) is 4.64. The number of amides is 2. The van der Waals surface area contributed by atoms with Gasteiger partial charge >= 0.3 is 6.03 Å². The lowest BCUT2D eigenvalue weighted by Gasteiger charge is -2.21. The van der Waals surface area contributed by atoms with E-state index in [4.69, 9.17) is 0 Å². The van der Waals surface area contributed by atoms with Crippen LogP contribution in [0.5, 0.6) is 0 Å². The molecule has 2 amide bonds. The van der Waals surface area contributed by atoms with Crippen molar-refractivity contribution >= 4 is 23.1 Å². The van der Waals surface area contributed by atoms with Crippen molar-refractivity contribution in [3.8, 4) is 0 Å². The Hall–Kier alpha value is -2.14. The van der Waals surface area contributed by atoms with Gasteiger partial charge in [0, 0.05) is 17.1 Å². The summed E-state index contributed by atoms with van der Waals surface area (Å²) >= 11 is 1.60. The van der Waals surface area contributed by atoms with Gasteiger partial charge in [0.25, 0.3) is 0 Å². The summed E-state index contributed by atoms with van der Waals surface area (Å²) in [7, 11) is 0. The zero-order valence-corrected chi connectivity index (χ0v) is 11.7. The summed E-state index contributed by atoms with van der Waals surface area (Å²) in [4.78, 5) is 14.9. The molecule has 1 N–H and O–H groups in total. The van der Waals surface area contributed by atoms with E-state index in [2.05, 4.69) is 11.9 Å². The summed E-state index contributed by atoms with van der Waals surface area (Å²) in [6, 6.07) is 9.38. The highest BCUT2D eigenvalue weighted by Crippen LogP contribution is 2.14. The molecular formula is C15H15FN2OS. The van der Waals surface area contributed by atoms with E-state index in [9.17, 15) is 9.18 Å². The maximum Gasteiger partial charge on any atom is 0.322 e. The predicted molar refractivity (Wildman–Crippen MR) is 80.3 cm³/mol. The number of anilines is 1. The number of nitrogens with zero attached hydrogens (tertiary/aromatic N) is 1. The van der Waals surface area contributed by atoms with Crippen molar-refractivity contribution in [1.82, 2.24) is 4.90 Å². The Morgan fingerprint density at radius 3 is 2.70 bits per heavy atom. The number of nitrogens with one attached hydrogen (secondary N) is 1. The van der Waals surface area contributed by atoms with Crippen molar-refractivity contribution in [3.05, 3.63) is 65.1 Å². The minimum absolute atomic E-state index is 0.232. The molecule has 1 aromatic heterocycles. The standard InChI is InChI=1S/C15H15FN2OS/c1-2-9-18(11-14-4-3-10-20-14)15(19)17-13-7-5-12(16)6-8-13/h2-8,10H,1,9,11H2,(H,17,19). The molecule has 0 fully saturated rings. The van der Waals surface area contributed by atoms with Gasteiger partial charge in [-0.15, -0.1) is 17.9 Å². The molecule has 2 rings (SSSR count). The zero-order valence-electron chi connectivity index (χ0n) is 10.9. The molecule has 1 heterocycles. The Kier molecular flexibility index (Phi) is 4.90. The van der Waals surface area contributed by atoms with Gasteiger partial charge in [0.1, 0.15) is 5.82 Å². The number of benzene rings is 1. The van der Waals surface area contributed by atoms with Crippen LogP contribution in [0.4, 0.5) is 14.9 Å². The molecule has 0 aliphatic heterocycles. The first-order valence-corrected chi connectivity index (χ1v) is 7.02. The number of halogens is 1. The van der Waals surface area contributed by atoms with Gasteiger partial charge in [-0.3, -0.25) is 0 Å². The summed E-state index contributed by atoms with van der Waals surface area (Å²) < 4.78 is 12.8. The van der Waals surface area contributed by atoms with E-state index in [1.54, 1.807) is 22.3 Å². The third-order valence-electron chi connectivity index (χ3n) is 2.66. The van der Waals surface area contributed by atoms with Crippen LogP contribution >= 0.6 is 11.3 Å². The SMILES string of the molecule is C=CCN(Cc1cccs1)C(=O)Nc1ccc(F)cc1. The lowest BCUT2D eigenvalue weighted by molar-refractivity contribution is 0.215. The van der Waals surface area contributed by atoms with Crippen LogP contribution in [0.2, 0.25) is 0 Å². The second kappa shape index (κ2) is 6.86. The number of rotatable bonds is 5. The first-order valence-electron chi connectivity index (χ1n) is 6.14. The van der Waals surface area contributed by atoms with Crippen LogP contribution in [0.3, 0.4) is 0 Å². The largest absolute Gasteiger partial charge is 0.322 e. The minimum Gasteiger partial charge on any atom is -0.316 e. The second-order valence-electron chi connectivity index (χ2n) is 4.19. The van der Waals surface area contributed by atoms with Crippen LogP contribution in [-0.2, 0) is 6.54 Å². The van der Waals surface area contributed by atoms with E-state index < -0.39 is 0 Å². The molecule has 104 valence electrons. The second-order valence-corrected chi connectivity index (χ2v) is 5.22. The van der Waals surface area contributed by atoms with Crippen LogP contribution in [0.25, 0.3) is 0 Å². The summed E-state index contributed by atoms with van der Waals surface area (Å²) in [5.74, 6) is -0.329. The lowest BCUT2D eigenvalue weighted by Crippen LogP contribution is -2.34. The van der Waals surface area contributed by atoms with Crippen LogP contribution in [-0.4, -0.2) is 17.5 Å². The van der Waals surface area contributed by atoms with Crippen LogP contribution in [0.1, 0.15) is 4.88 Å². The molecule has 1 aromatic carbocycles. The number of carbonyl (C=O) groups excluding carboxylic acids is 1. The van der Waals surface area contributed by atoms with Crippen LogP contribution in [0.15, 0.2) is 54.4 Å². The van der Waals surface area contributed by atoms with E-state index >= 15 is 0 Å². The third-order valence-corrected chi connectivity index (χ3v) is 3.52. The smallest absolute Gasteiger partial charge is 0.316 e. The highest BCUT2D eigenvalue weighted by molar-refractivity contribution is 7.09. The molecule has 0 bridgehead atoms. The van der Waals surface area contributed by atoms with Gasteiger partial charge in [-0.05, 0) is 35.7 Å². The average molecular weight is 290 g/mol. The number of thiophene rings is 1. The van der Waals surface area contributed by atoms with Gasteiger partial charge in [-0.25, -0.2) is 9.18 Å². The number of urea groups is 1.